The summed E-state index contributed by atoms with van der Waals surface area (Å²) in [5, 5.41) is 9.22. The Morgan fingerprint density at radius 2 is 1.71 bits per heavy atom. The van der Waals surface area contributed by atoms with E-state index in [0.29, 0.717) is 0 Å². The van der Waals surface area contributed by atoms with E-state index < -0.39 is 17.9 Å². The Balaban J connectivity index is 2.76. The third-order valence-electron chi connectivity index (χ3n) is 3.14. The number of benzene rings is 1. The van der Waals surface area contributed by atoms with Crippen molar-refractivity contribution in [2.24, 2.45) is 11.5 Å². The highest BCUT2D eigenvalue weighted by Crippen LogP contribution is 2.14. The molecule has 114 valence electrons. The number of primary amides is 2. The van der Waals surface area contributed by atoms with Crippen LogP contribution in [0.5, 0.6) is 5.75 Å². The summed E-state index contributed by atoms with van der Waals surface area (Å²) < 4.78 is 0. The molecular formula is C14H19N3O4. The number of phenols is 1. The topological polar surface area (TPSA) is 127 Å². The van der Waals surface area contributed by atoms with Crippen LogP contribution >= 0.6 is 0 Å². The van der Waals surface area contributed by atoms with Gasteiger partial charge in [-0.05, 0) is 17.7 Å². The molecule has 21 heavy (non-hydrogen) atoms. The van der Waals surface area contributed by atoms with Gasteiger partial charge in [0, 0.05) is 26.3 Å². The minimum absolute atomic E-state index is 0.0643. The summed E-state index contributed by atoms with van der Waals surface area (Å²) in [4.78, 5) is 35.4. The van der Waals surface area contributed by atoms with E-state index >= 15 is 0 Å². The average Bonchev–Trinajstić information content (AvgIpc) is 2.43. The maximum atomic E-state index is 11.9. The normalized spacial score (nSPS) is 11.7. The number of hydrogen-bond donors (Lipinski definition) is 3. The van der Waals surface area contributed by atoms with Crippen LogP contribution in [0.15, 0.2) is 24.3 Å². The minimum Gasteiger partial charge on any atom is -0.508 e. The highest BCUT2D eigenvalue weighted by molar-refractivity contribution is 5.88. The Morgan fingerprint density at radius 1 is 1.14 bits per heavy atom. The van der Waals surface area contributed by atoms with Crippen molar-refractivity contribution in [1.29, 1.82) is 0 Å². The molecule has 3 amide bonds. The molecule has 7 nitrogen and oxygen atoms in total. The van der Waals surface area contributed by atoms with Crippen molar-refractivity contribution in [1.82, 2.24) is 4.90 Å². The molecule has 1 rings (SSSR count). The predicted molar refractivity (Wildman–Crippen MR) is 76.0 cm³/mol. The Hall–Kier alpha value is -2.57. The van der Waals surface area contributed by atoms with Gasteiger partial charge in [0.05, 0.1) is 0 Å². The van der Waals surface area contributed by atoms with Gasteiger partial charge in [0.15, 0.2) is 0 Å². The number of carbonyl (C=O) groups is 3. The second kappa shape index (κ2) is 7.28. The maximum Gasteiger partial charge on any atom is 0.240 e. The number of rotatable bonds is 7. The lowest BCUT2D eigenvalue weighted by Gasteiger charge is -2.25. The first-order valence-electron chi connectivity index (χ1n) is 6.42. The summed E-state index contributed by atoms with van der Waals surface area (Å²) in [6.07, 6.45) is 0.0908. The highest BCUT2D eigenvalue weighted by Gasteiger charge is 2.25. The standard InChI is InChI=1S/C14H19N3O4/c1-17(13(20)7-6-12(15)19)11(14(16)21)8-9-2-4-10(18)5-3-9/h2-5,11,18H,6-8H2,1H3,(H2,15,19)(H2,16,21)/t11-/m1/s1. The van der Waals surface area contributed by atoms with E-state index in [9.17, 15) is 19.5 Å². The SMILES string of the molecule is CN(C(=O)CCC(N)=O)[C@H](Cc1ccc(O)cc1)C(N)=O. The van der Waals surface area contributed by atoms with Gasteiger partial charge in [0.2, 0.25) is 17.7 Å². The Morgan fingerprint density at radius 3 is 2.19 bits per heavy atom. The van der Waals surface area contributed by atoms with Gasteiger partial charge in [-0.15, -0.1) is 0 Å². The molecule has 1 aromatic carbocycles. The lowest BCUT2D eigenvalue weighted by molar-refractivity contribution is -0.138. The zero-order valence-corrected chi connectivity index (χ0v) is 11.8. The zero-order chi connectivity index (χ0) is 16.0. The molecule has 1 atom stereocenters. The van der Waals surface area contributed by atoms with Crippen molar-refractivity contribution < 1.29 is 19.5 Å². The van der Waals surface area contributed by atoms with Gasteiger partial charge in [0.25, 0.3) is 0 Å². The summed E-state index contributed by atoms with van der Waals surface area (Å²) in [7, 11) is 1.46. The molecule has 0 aliphatic carbocycles. The maximum absolute atomic E-state index is 11.9. The summed E-state index contributed by atoms with van der Waals surface area (Å²) in [6, 6.07) is 5.44. The second-order valence-corrected chi connectivity index (χ2v) is 4.76. The van der Waals surface area contributed by atoms with Crippen LogP contribution in [0.1, 0.15) is 18.4 Å². The van der Waals surface area contributed by atoms with E-state index in [0.717, 1.165) is 5.56 Å². The van der Waals surface area contributed by atoms with Gasteiger partial charge < -0.3 is 21.5 Å². The number of aromatic hydroxyl groups is 1. The van der Waals surface area contributed by atoms with Crippen LogP contribution in [0.2, 0.25) is 0 Å². The lowest BCUT2D eigenvalue weighted by Crippen LogP contribution is -2.47. The number of carbonyl (C=O) groups excluding carboxylic acids is 3. The van der Waals surface area contributed by atoms with Crippen LogP contribution in [0.3, 0.4) is 0 Å². The smallest absolute Gasteiger partial charge is 0.240 e. The molecule has 7 heteroatoms. The van der Waals surface area contributed by atoms with Crippen LogP contribution in [-0.2, 0) is 20.8 Å². The van der Waals surface area contributed by atoms with E-state index in [1.165, 1.54) is 24.1 Å². The Bertz CT molecular complexity index is 528. The molecule has 0 saturated carbocycles. The number of hydrogen-bond acceptors (Lipinski definition) is 4. The number of nitrogens with zero attached hydrogens (tertiary/aromatic N) is 1. The number of amides is 3. The molecule has 0 aliphatic heterocycles. The van der Waals surface area contributed by atoms with Crippen molar-refractivity contribution in [3.63, 3.8) is 0 Å². The van der Waals surface area contributed by atoms with Gasteiger partial charge in [-0.2, -0.15) is 0 Å². The Labute approximate surface area is 122 Å². The second-order valence-electron chi connectivity index (χ2n) is 4.76. The lowest BCUT2D eigenvalue weighted by atomic mass is 10.0. The first-order valence-corrected chi connectivity index (χ1v) is 6.42. The van der Waals surface area contributed by atoms with Crippen molar-refractivity contribution in [2.75, 3.05) is 7.05 Å². The van der Waals surface area contributed by atoms with Crippen LogP contribution < -0.4 is 11.5 Å². The first kappa shape index (κ1) is 16.5. The molecule has 5 N–H and O–H groups in total. The quantitative estimate of drug-likeness (QED) is 0.627. The van der Waals surface area contributed by atoms with E-state index in [1.807, 2.05) is 0 Å². The van der Waals surface area contributed by atoms with E-state index in [2.05, 4.69) is 0 Å². The molecule has 1 aromatic rings. The molecule has 0 spiro atoms. The zero-order valence-electron chi connectivity index (χ0n) is 11.8. The fourth-order valence-electron chi connectivity index (χ4n) is 1.86. The van der Waals surface area contributed by atoms with Gasteiger partial charge in [-0.3, -0.25) is 14.4 Å². The molecule has 0 radical (unpaired) electrons. The van der Waals surface area contributed by atoms with Crippen molar-refractivity contribution in [3.8, 4) is 5.75 Å². The van der Waals surface area contributed by atoms with Crippen molar-refractivity contribution in [2.45, 2.75) is 25.3 Å². The molecule has 0 aromatic heterocycles. The third kappa shape index (κ3) is 5.13. The van der Waals surface area contributed by atoms with Crippen LogP contribution in [0.4, 0.5) is 0 Å². The monoisotopic (exact) mass is 293 g/mol. The fourth-order valence-corrected chi connectivity index (χ4v) is 1.86. The predicted octanol–water partition coefficient (Wildman–Crippen LogP) is -0.487. The molecule has 0 fully saturated rings. The van der Waals surface area contributed by atoms with E-state index in [4.69, 9.17) is 11.5 Å². The molecular weight excluding hydrogens is 274 g/mol. The van der Waals surface area contributed by atoms with Crippen molar-refractivity contribution in [3.05, 3.63) is 29.8 Å². The van der Waals surface area contributed by atoms with Gasteiger partial charge >= 0.3 is 0 Å². The third-order valence-corrected chi connectivity index (χ3v) is 3.14. The van der Waals surface area contributed by atoms with E-state index in [-0.39, 0.29) is 30.9 Å². The first-order chi connectivity index (χ1) is 9.81. The summed E-state index contributed by atoms with van der Waals surface area (Å²) in [6.45, 7) is 0. The average molecular weight is 293 g/mol. The molecule has 0 aliphatic rings. The summed E-state index contributed by atoms with van der Waals surface area (Å²) in [5.41, 5.74) is 11.1. The number of likely N-dealkylation sites (N-methyl/N-ethyl adjacent to an activating group) is 1. The molecule has 0 unspecified atom stereocenters. The largest absolute Gasteiger partial charge is 0.508 e. The molecule has 0 heterocycles. The minimum atomic E-state index is -0.824. The van der Waals surface area contributed by atoms with E-state index in [1.54, 1.807) is 12.1 Å². The molecule has 0 bridgehead atoms. The summed E-state index contributed by atoms with van der Waals surface area (Å²) >= 11 is 0. The van der Waals surface area contributed by atoms with Gasteiger partial charge in [-0.1, -0.05) is 12.1 Å². The summed E-state index contributed by atoms with van der Waals surface area (Å²) in [5.74, 6) is -1.49. The Kier molecular flexibility index (Phi) is 5.71. The van der Waals surface area contributed by atoms with Gasteiger partial charge in [0.1, 0.15) is 11.8 Å². The number of nitrogens with two attached hydrogens (primary N) is 2. The molecule has 0 saturated heterocycles. The van der Waals surface area contributed by atoms with Crippen molar-refractivity contribution >= 4 is 17.7 Å². The highest BCUT2D eigenvalue weighted by atomic mass is 16.3. The van der Waals surface area contributed by atoms with Crippen LogP contribution in [0, 0.1) is 0 Å². The van der Waals surface area contributed by atoms with Crippen LogP contribution in [-0.4, -0.2) is 40.8 Å². The van der Waals surface area contributed by atoms with Crippen LogP contribution in [0.25, 0.3) is 0 Å². The fraction of sp³-hybridized carbons (Fsp3) is 0.357. The number of phenolic OH excluding ortho intramolecular Hbond substituents is 1. The van der Waals surface area contributed by atoms with Gasteiger partial charge in [-0.25, -0.2) is 0 Å².